The summed E-state index contributed by atoms with van der Waals surface area (Å²) in [6.07, 6.45) is 5.07. The molecule has 8 heteroatoms. The number of hydrogen-bond donors (Lipinski definition) is 1. The van der Waals surface area contributed by atoms with Crippen molar-refractivity contribution in [2.45, 2.75) is 38.2 Å². The van der Waals surface area contributed by atoms with E-state index in [1.54, 1.807) is 31.3 Å². The molecule has 1 aliphatic rings. The minimum absolute atomic E-state index is 0.0357. The number of likely N-dealkylation sites (N-methyl/N-ethyl adjacent to an activating group) is 1. The Morgan fingerprint density at radius 2 is 1.64 bits per heavy atom. The molecular weight excluding hydrogens is 422 g/mol. The Morgan fingerprint density at radius 1 is 0.939 bits per heavy atom. The number of nitrogens with zero attached hydrogens (tertiary/aromatic N) is 2. The molecule has 176 valence electrons. The normalized spacial score (nSPS) is 13.8. The Bertz CT molecular complexity index is 944. The van der Waals surface area contributed by atoms with Crippen molar-refractivity contribution in [2.24, 2.45) is 5.73 Å². The lowest BCUT2D eigenvalue weighted by molar-refractivity contribution is -0.152. The maximum absolute atomic E-state index is 12.8. The van der Waals surface area contributed by atoms with Crippen LogP contribution in [0.2, 0.25) is 0 Å². The number of carbonyl (C=O) groups excluding carboxylic acids is 3. The maximum atomic E-state index is 12.8. The van der Waals surface area contributed by atoms with Gasteiger partial charge in [-0.15, -0.1) is 0 Å². The Hall–Kier alpha value is -3.39. The fraction of sp³-hybridized carbons (Fsp3) is 0.400. The second-order valence-corrected chi connectivity index (χ2v) is 8.01. The summed E-state index contributed by atoms with van der Waals surface area (Å²) in [6, 6.07) is 15.8. The van der Waals surface area contributed by atoms with Crippen LogP contribution in [0.15, 0.2) is 54.6 Å². The Labute approximate surface area is 194 Å². The van der Waals surface area contributed by atoms with Crippen molar-refractivity contribution in [3.8, 4) is 5.75 Å². The van der Waals surface area contributed by atoms with E-state index in [9.17, 15) is 14.4 Å². The topological polar surface area (TPSA) is 102 Å². The van der Waals surface area contributed by atoms with E-state index in [0.29, 0.717) is 11.4 Å². The quantitative estimate of drug-likeness (QED) is 0.586. The van der Waals surface area contributed by atoms with Gasteiger partial charge < -0.3 is 25.0 Å². The molecular formula is C25H31N3O5. The van der Waals surface area contributed by atoms with E-state index < -0.39 is 11.9 Å². The van der Waals surface area contributed by atoms with Gasteiger partial charge in [-0.2, -0.15) is 0 Å². The minimum Gasteiger partial charge on any atom is -0.482 e. The number of rotatable bonds is 9. The van der Waals surface area contributed by atoms with Gasteiger partial charge >= 0.3 is 5.97 Å². The Kier molecular flexibility index (Phi) is 8.83. The van der Waals surface area contributed by atoms with Crippen LogP contribution in [-0.2, 0) is 19.1 Å². The fourth-order valence-corrected chi connectivity index (χ4v) is 3.76. The van der Waals surface area contributed by atoms with Crippen LogP contribution < -0.4 is 20.3 Å². The zero-order chi connectivity index (χ0) is 23.6. The number of para-hydroxylation sites is 1. The molecule has 2 aromatic carbocycles. The second-order valence-electron chi connectivity index (χ2n) is 8.01. The third-order valence-corrected chi connectivity index (χ3v) is 5.62. The summed E-state index contributed by atoms with van der Waals surface area (Å²) in [7, 11) is 1.65. The summed E-state index contributed by atoms with van der Waals surface area (Å²) in [4.78, 5) is 40.3. The summed E-state index contributed by atoms with van der Waals surface area (Å²) in [5, 5.41) is 0. The highest BCUT2D eigenvalue weighted by Crippen LogP contribution is 2.23. The van der Waals surface area contributed by atoms with Gasteiger partial charge in [0, 0.05) is 24.5 Å². The highest BCUT2D eigenvalue weighted by Gasteiger charge is 2.22. The zero-order valence-electron chi connectivity index (χ0n) is 18.9. The van der Waals surface area contributed by atoms with Crippen molar-refractivity contribution in [3.05, 3.63) is 54.6 Å². The van der Waals surface area contributed by atoms with Gasteiger partial charge in [0.1, 0.15) is 18.4 Å². The molecule has 1 fully saturated rings. The molecule has 0 heterocycles. The molecule has 8 nitrogen and oxygen atoms in total. The van der Waals surface area contributed by atoms with E-state index in [4.69, 9.17) is 15.2 Å². The van der Waals surface area contributed by atoms with Crippen LogP contribution in [0.4, 0.5) is 11.4 Å². The monoisotopic (exact) mass is 453 g/mol. The number of nitrogens with two attached hydrogens (primary N) is 1. The third-order valence-electron chi connectivity index (χ3n) is 5.62. The molecule has 0 atom stereocenters. The van der Waals surface area contributed by atoms with Gasteiger partial charge in [-0.05, 0) is 49.9 Å². The van der Waals surface area contributed by atoms with E-state index >= 15 is 0 Å². The van der Waals surface area contributed by atoms with Gasteiger partial charge in [0.15, 0.2) is 6.61 Å². The molecule has 2 N–H and O–H groups in total. The summed E-state index contributed by atoms with van der Waals surface area (Å²) in [5.41, 5.74) is 6.77. The molecule has 0 bridgehead atoms. The van der Waals surface area contributed by atoms with Crippen molar-refractivity contribution in [2.75, 3.05) is 36.5 Å². The van der Waals surface area contributed by atoms with Crippen molar-refractivity contribution >= 4 is 29.2 Å². The molecule has 0 saturated heterocycles. The zero-order valence-corrected chi connectivity index (χ0v) is 18.9. The van der Waals surface area contributed by atoms with Crippen LogP contribution in [0, 0.1) is 0 Å². The van der Waals surface area contributed by atoms with E-state index in [-0.39, 0.29) is 31.7 Å². The highest BCUT2D eigenvalue weighted by molar-refractivity contribution is 6.04. The van der Waals surface area contributed by atoms with Crippen LogP contribution in [0.1, 0.15) is 32.1 Å². The van der Waals surface area contributed by atoms with Crippen LogP contribution in [0.5, 0.6) is 5.75 Å². The summed E-state index contributed by atoms with van der Waals surface area (Å²) in [6.45, 7) is -0.657. The van der Waals surface area contributed by atoms with E-state index in [2.05, 4.69) is 0 Å². The van der Waals surface area contributed by atoms with Gasteiger partial charge in [-0.25, -0.2) is 4.79 Å². The lowest BCUT2D eigenvalue weighted by Crippen LogP contribution is -2.44. The van der Waals surface area contributed by atoms with Crippen LogP contribution >= 0.6 is 0 Å². The van der Waals surface area contributed by atoms with Crippen molar-refractivity contribution in [3.63, 3.8) is 0 Å². The first-order chi connectivity index (χ1) is 16.0. The molecule has 3 rings (SSSR count). The first-order valence-corrected chi connectivity index (χ1v) is 11.2. The SMILES string of the molecule is CN(C(=O)CN(C(=O)CN)c1cccc(OCC(=O)OC2CCCCC2)c1)c1ccccc1. The predicted octanol–water partition coefficient (Wildman–Crippen LogP) is 2.90. The highest BCUT2D eigenvalue weighted by atomic mass is 16.6. The van der Waals surface area contributed by atoms with Gasteiger partial charge in [0.05, 0.1) is 6.54 Å². The first kappa shape index (κ1) is 24.3. The summed E-state index contributed by atoms with van der Waals surface area (Å²) in [5.74, 6) is -0.697. The minimum atomic E-state index is -0.415. The number of ether oxygens (including phenoxy) is 2. The van der Waals surface area contributed by atoms with Crippen LogP contribution in [-0.4, -0.2) is 50.6 Å². The second kappa shape index (κ2) is 12.0. The molecule has 1 aliphatic carbocycles. The standard InChI is InChI=1S/C25H31N3O5/c1-27(19-9-4-2-5-10-19)24(30)17-28(23(29)16-26)20-11-8-14-22(15-20)32-18-25(31)33-21-12-6-3-7-13-21/h2,4-5,8-11,14-15,21H,3,6-7,12-13,16-18,26H2,1H3. The summed E-state index contributed by atoms with van der Waals surface area (Å²) >= 11 is 0. The number of carbonyl (C=O) groups is 3. The third kappa shape index (κ3) is 7.05. The average Bonchev–Trinajstić information content (AvgIpc) is 2.86. The molecule has 1 saturated carbocycles. The van der Waals surface area contributed by atoms with Crippen LogP contribution in [0.3, 0.4) is 0 Å². The Morgan fingerprint density at radius 3 is 2.33 bits per heavy atom. The number of amides is 2. The van der Waals surface area contributed by atoms with E-state index in [1.807, 2.05) is 30.3 Å². The molecule has 2 aromatic rings. The van der Waals surface area contributed by atoms with Crippen LogP contribution in [0.25, 0.3) is 0 Å². The maximum Gasteiger partial charge on any atom is 0.344 e. The van der Waals surface area contributed by atoms with Crippen molar-refractivity contribution < 1.29 is 23.9 Å². The molecule has 0 radical (unpaired) electrons. The molecule has 2 amide bonds. The first-order valence-electron chi connectivity index (χ1n) is 11.2. The van der Waals surface area contributed by atoms with Gasteiger partial charge in [-0.1, -0.05) is 30.7 Å². The van der Waals surface area contributed by atoms with E-state index in [0.717, 1.165) is 31.4 Å². The average molecular weight is 454 g/mol. The fourth-order valence-electron chi connectivity index (χ4n) is 3.76. The Balaban J connectivity index is 1.64. The number of hydrogen-bond acceptors (Lipinski definition) is 6. The van der Waals surface area contributed by atoms with Gasteiger partial charge in [0.25, 0.3) is 0 Å². The number of esters is 1. The van der Waals surface area contributed by atoms with Crippen molar-refractivity contribution in [1.82, 2.24) is 0 Å². The molecule has 0 spiro atoms. The lowest BCUT2D eigenvalue weighted by atomic mass is 9.98. The predicted molar refractivity (Wildman–Crippen MR) is 126 cm³/mol. The largest absolute Gasteiger partial charge is 0.482 e. The number of anilines is 2. The summed E-state index contributed by atoms with van der Waals surface area (Å²) < 4.78 is 11.1. The molecule has 33 heavy (non-hydrogen) atoms. The van der Waals surface area contributed by atoms with Gasteiger partial charge in [0.2, 0.25) is 11.8 Å². The molecule has 0 aliphatic heterocycles. The number of benzene rings is 2. The van der Waals surface area contributed by atoms with Gasteiger partial charge in [-0.3, -0.25) is 9.59 Å². The van der Waals surface area contributed by atoms with Crippen molar-refractivity contribution in [1.29, 1.82) is 0 Å². The lowest BCUT2D eigenvalue weighted by Gasteiger charge is -2.25. The van der Waals surface area contributed by atoms with E-state index in [1.165, 1.54) is 16.2 Å². The smallest absolute Gasteiger partial charge is 0.344 e. The molecule has 0 unspecified atom stereocenters. The molecule has 0 aromatic heterocycles.